The Bertz CT molecular complexity index is 1350. The van der Waals surface area contributed by atoms with Crippen LogP contribution < -0.4 is 0 Å². The fraction of sp³-hybridized carbons (Fsp3) is 0.409. The lowest BCUT2D eigenvalue weighted by Crippen LogP contribution is -2.22. The van der Waals surface area contributed by atoms with Crippen LogP contribution >= 0.6 is 23.3 Å². The van der Waals surface area contributed by atoms with Crippen LogP contribution in [0.1, 0.15) is 11.4 Å². The SMILES string of the molecule is CSc1ncc(C(F)(F)F)c(-c2cn(COCC[Si](C)(C)C)c3nc(-c4nc(C)ns4)ccc23)n1. The number of halogens is 3. The Balaban J connectivity index is 1.84. The van der Waals surface area contributed by atoms with Crippen molar-refractivity contribution in [3.63, 3.8) is 0 Å². The number of aryl methyl sites for hydroxylation is 1. The van der Waals surface area contributed by atoms with Gasteiger partial charge in [0.1, 0.15) is 29.5 Å². The van der Waals surface area contributed by atoms with E-state index in [4.69, 9.17) is 9.72 Å². The van der Waals surface area contributed by atoms with Crippen molar-refractivity contribution in [1.82, 2.24) is 28.9 Å². The van der Waals surface area contributed by atoms with Crippen LogP contribution in [-0.2, 0) is 17.6 Å². The van der Waals surface area contributed by atoms with Crippen LogP contribution in [0.25, 0.3) is 33.0 Å². The number of rotatable bonds is 8. The highest BCUT2D eigenvalue weighted by molar-refractivity contribution is 7.98. The van der Waals surface area contributed by atoms with Crippen LogP contribution in [0.5, 0.6) is 0 Å². The summed E-state index contributed by atoms with van der Waals surface area (Å²) >= 11 is 2.41. The van der Waals surface area contributed by atoms with Gasteiger partial charge in [-0.1, -0.05) is 31.4 Å². The van der Waals surface area contributed by atoms with Crippen molar-refractivity contribution >= 4 is 42.4 Å². The Morgan fingerprint density at radius 2 is 1.91 bits per heavy atom. The van der Waals surface area contributed by atoms with Crippen LogP contribution in [-0.4, -0.2) is 49.8 Å². The van der Waals surface area contributed by atoms with E-state index in [1.54, 1.807) is 36.1 Å². The summed E-state index contributed by atoms with van der Waals surface area (Å²) in [6.07, 6.45) is -0.414. The molecule has 0 radical (unpaired) electrons. The molecule has 35 heavy (non-hydrogen) atoms. The second-order valence-corrected chi connectivity index (χ2v) is 16.3. The molecule has 4 rings (SSSR count). The molecule has 0 aromatic carbocycles. The molecule has 0 aliphatic carbocycles. The van der Waals surface area contributed by atoms with Crippen LogP contribution in [0.15, 0.2) is 29.7 Å². The van der Waals surface area contributed by atoms with Crippen LogP contribution in [0.4, 0.5) is 13.2 Å². The number of nitrogens with zero attached hydrogens (tertiary/aromatic N) is 6. The van der Waals surface area contributed by atoms with E-state index in [-0.39, 0.29) is 17.6 Å². The molecule has 0 aliphatic rings. The molecule has 0 saturated heterocycles. The third-order valence-corrected chi connectivity index (χ3v) is 8.30. The molecule has 0 spiro atoms. The minimum atomic E-state index is -4.61. The molecule has 13 heteroatoms. The lowest BCUT2D eigenvalue weighted by Gasteiger charge is -2.15. The molecule has 0 amide bonds. The first-order valence-electron chi connectivity index (χ1n) is 10.8. The maximum Gasteiger partial charge on any atom is 0.419 e. The Morgan fingerprint density at radius 3 is 2.54 bits per heavy atom. The van der Waals surface area contributed by atoms with Crippen LogP contribution in [0.3, 0.4) is 0 Å². The minimum Gasteiger partial charge on any atom is -0.361 e. The molecular weight excluding hydrogens is 513 g/mol. The normalized spacial score (nSPS) is 12.6. The van der Waals surface area contributed by atoms with Gasteiger partial charge in [-0.15, -0.1) is 0 Å². The molecule has 4 aromatic rings. The molecule has 0 fully saturated rings. The van der Waals surface area contributed by atoms with Crippen molar-refractivity contribution in [2.24, 2.45) is 0 Å². The third-order valence-electron chi connectivity index (χ3n) is 5.21. The van der Waals surface area contributed by atoms with E-state index in [1.165, 1.54) is 23.3 Å². The van der Waals surface area contributed by atoms with Gasteiger partial charge in [-0.3, -0.25) is 0 Å². The first kappa shape index (κ1) is 25.7. The Labute approximate surface area is 210 Å². The van der Waals surface area contributed by atoms with E-state index in [2.05, 4.69) is 39.0 Å². The second kappa shape index (κ2) is 9.95. The molecule has 0 N–H and O–H groups in total. The van der Waals surface area contributed by atoms with E-state index >= 15 is 0 Å². The van der Waals surface area contributed by atoms with Crippen molar-refractivity contribution in [3.05, 3.63) is 35.9 Å². The summed E-state index contributed by atoms with van der Waals surface area (Å²) < 4.78 is 53.5. The monoisotopic (exact) mass is 538 g/mol. The Hall–Kier alpha value is -2.35. The molecule has 0 atom stereocenters. The topological polar surface area (TPSA) is 78.6 Å². The van der Waals surface area contributed by atoms with Gasteiger partial charge in [-0.25, -0.2) is 19.9 Å². The quantitative estimate of drug-likeness (QED) is 0.112. The molecule has 0 aliphatic heterocycles. The zero-order valence-electron chi connectivity index (χ0n) is 20.0. The smallest absolute Gasteiger partial charge is 0.361 e. The number of hydrogen-bond acceptors (Lipinski definition) is 8. The maximum absolute atomic E-state index is 13.9. The summed E-state index contributed by atoms with van der Waals surface area (Å²) in [6, 6.07) is 4.47. The molecular formula is C22H25F3N6OS2Si. The maximum atomic E-state index is 13.9. The van der Waals surface area contributed by atoms with Gasteiger partial charge in [-0.2, -0.15) is 17.5 Å². The van der Waals surface area contributed by atoms with Gasteiger partial charge in [-0.05, 0) is 42.9 Å². The number of thioether (sulfide) groups is 1. The van der Waals surface area contributed by atoms with E-state index in [1.807, 2.05) is 0 Å². The van der Waals surface area contributed by atoms with Crippen LogP contribution in [0.2, 0.25) is 25.7 Å². The summed E-state index contributed by atoms with van der Waals surface area (Å²) in [5.41, 5.74) is 0.351. The lowest BCUT2D eigenvalue weighted by molar-refractivity contribution is -0.137. The van der Waals surface area contributed by atoms with Gasteiger partial charge in [0, 0.05) is 38.0 Å². The Kier molecular flexibility index (Phi) is 7.32. The van der Waals surface area contributed by atoms with E-state index in [0.29, 0.717) is 39.7 Å². The molecule has 0 unspecified atom stereocenters. The van der Waals surface area contributed by atoms with Crippen molar-refractivity contribution < 1.29 is 17.9 Å². The van der Waals surface area contributed by atoms with Gasteiger partial charge in [0.05, 0.1) is 5.69 Å². The molecule has 7 nitrogen and oxygen atoms in total. The minimum absolute atomic E-state index is 0.161. The number of aromatic nitrogens is 6. The predicted molar refractivity (Wildman–Crippen MR) is 135 cm³/mol. The number of ether oxygens (including phenoxy) is 1. The van der Waals surface area contributed by atoms with Gasteiger partial charge < -0.3 is 9.30 Å². The number of pyridine rings is 1. The largest absolute Gasteiger partial charge is 0.419 e. The van der Waals surface area contributed by atoms with E-state index in [9.17, 15) is 13.2 Å². The number of hydrogen-bond donors (Lipinski definition) is 0. The second-order valence-electron chi connectivity index (χ2n) is 9.19. The van der Waals surface area contributed by atoms with Crippen LogP contribution in [0, 0.1) is 6.92 Å². The average Bonchev–Trinajstić information content (AvgIpc) is 3.38. The summed E-state index contributed by atoms with van der Waals surface area (Å²) in [6.45, 7) is 9.30. The highest BCUT2D eigenvalue weighted by Gasteiger charge is 2.36. The third kappa shape index (κ3) is 5.90. The van der Waals surface area contributed by atoms with Gasteiger partial charge >= 0.3 is 6.18 Å². The fourth-order valence-electron chi connectivity index (χ4n) is 3.39. The van der Waals surface area contributed by atoms with Crippen molar-refractivity contribution in [2.45, 2.75) is 50.7 Å². The van der Waals surface area contributed by atoms with Gasteiger partial charge in [0.15, 0.2) is 10.2 Å². The van der Waals surface area contributed by atoms with Gasteiger partial charge in [0.25, 0.3) is 0 Å². The highest BCUT2D eigenvalue weighted by atomic mass is 32.2. The Morgan fingerprint density at radius 1 is 1.14 bits per heavy atom. The van der Waals surface area contributed by atoms with E-state index in [0.717, 1.165) is 12.2 Å². The zero-order chi connectivity index (χ0) is 25.4. The highest BCUT2D eigenvalue weighted by Crippen LogP contribution is 2.39. The fourth-order valence-corrected chi connectivity index (χ4v) is 5.13. The summed E-state index contributed by atoms with van der Waals surface area (Å²) in [5, 5.41) is 1.44. The summed E-state index contributed by atoms with van der Waals surface area (Å²) in [7, 11) is -1.29. The summed E-state index contributed by atoms with van der Waals surface area (Å²) in [5.74, 6) is 0.637. The number of alkyl halides is 3. The first-order valence-corrected chi connectivity index (χ1v) is 16.5. The number of fused-ring (bicyclic) bond motifs is 1. The molecule has 0 bridgehead atoms. The molecule has 4 aromatic heterocycles. The van der Waals surface area contributed by atoms with Crippen molar-refractivity contribution in [1.29, 1.82) is 0 Å². The van der Waals surface area contributed by atoms with Gasteiger partial charge in [0.2, 0.25) is 0 Å². The average molecular weight is 539 g/mol. The van der Waals surface area contributed by atoms with Crippen molar-refractivity contribution in [3.8, 4) is 22.0 Å². The standard InChI is InChI=1S/C22H25F3N6OS2Si/c1-13-27-20(34-30-13)17-7-6-14-15(18-16(22(23,24)25)10-26-21(29-18)33-2)11-31(19(14)28-17)12-32-8-9-35(3,4)5/h6-7,10-11H,8-9,12H2,1-5H3. The van der Waals surface area contributed by atoms with E-state index < -0.39 is 19.8 Å². The first-order chi connectivity index (χ1) is 16.5. The molecule has 4 heterocycles. The molecule has 0 saturated carbocycles. The predicted octanol–water partition coefficient (Wildman–Crippen LogP) is 6.37. The lowest BCUT2D eigenvalue weighted by atomic mass is 10.1. The molecule has 186 valence electrons. The van der Waals surface area contributed by atoms with Crippen molar-refractivity contribution in [2.75, 3.05) is 12.9 Å². The summed E-state index contributed by atoms with van der Waals surface area (Å²) in [4.78, 5) is 17.2. The zero-order valence-corrected chi connectivity index (χ0v) is 22.6.